The Bertz CT molecular complexity index is 462. The first kappa shape index (κ1) is 16.8. The van der Waals surface area contributed by atoms with Crippen molar-refractivity contribution in [3.63, 3.8) is 0 Å². The van der Waals surface area contributed by atoms with Crippen molar-refractivity contribution in [1.82, 2.24) is 5.32 Å². The fourth-order valence-corrected chi connectivity index (χ4v) is 1.85. The van der Waals surface area contributed by atoms with E-state index in [1.807, 2.05) is 32.9 Å². The third-order valence-electron chi connectivity index (χ3n) is 3.46. The van der Waals surface area contributed by atoms with E-state index >= 15 is 0 Å². The number of hydrogen-bond acceptors (Lipinski definition) is 2. The number of amides is 1. The van der Waals surface area contributed by atoms with Crippen molar-refractivity contribution < 1.29 is 9.53 Å². The van der Waals surface area contributed by atoms with E-state index in [2.05, 4.69) is 19.2 Å². The molecule has 0 aliphatic heterocycles. The highest BCUT2D eigenvalue weighted by Crippen LogP contribution is 2.26. The average Bonchev–Trinajstić information content (AvgIpc) is 2.35. The van der Waals surface area contributed by atoms with Crippen LogP contribution in [0.3, 0.4) is 0 Å². The zero-order valence-electron chi connectivity index (χ0n) is 13.1. The molecule has 112 valence electrons. The summed E-state index contributed by atoms with van der Waals surface area (Å²) in [5.74, 6) is 0.965. The van der Waals surface area contributed by atoms with Crippen molar-refractivity contribution in [2.24, 2.45) is 5.92 Å². The van der Waals surface area contributed by atoms with Gasteiger partial charge in [-0.25, -0.2) is 0 Å². The first-order valence-electron chi connectivity index (χ1n) is 6.96. The van der Waals surface area contributed by atoms with Crippen LogP contribution in [0.1, 0.15) is 38.8 Å². The number of hydrogen-bond donors (Lipinski definition) is 1. The van der Waals surface area contributed by atoms with E-state index in [0.717, 1.165) is 16.1 Å². The summed E-state index contributed by atoms with van der Waals surface area (Å²) in [5.41, 5.74) is 1.90. The van der Waals surface area contributed by atoms with E-state index in [1.165, 1.54) is 0 Å². The van der Waals surface area contributed by atoms with Gasteiger partial charge in [-0.3, -0.25) is 4.79 Å². The van der Waals surface area contributed by atoms with Crippen molar-refractivity contribution in [2.75, 3.05) is 0 Å². The Morgan fingerprint density at radius 2 is 1.65 bits per heavy atom. The number of nitrogens with one attached hydrogen (secondary N) is 1. The molecule has 0 saturated heterocycles. The predicted molar refractivity (Wildman–Crippen MR) is 83.5 cm³/mol. The van der Waals surface area contributed by atoms with Gasteiger partial charge >= 0.3 is 0 Å². The largest absolute Gasteiger partial charge is 0.481 e. The van der Waals surface area contributed by atoms with Gasteiger partial charge in [0, 0.05) is 11.1 Å². The van der Waals surface area contributed by atoms with Crippen molar-refractivity contribution >= 4 is 17.5 Å². The lowest BCUT2D eigenvalue weighted by Gasteiger charge is -2.21. The van der Waals surface area contributed by atoms with Crippen LogP contribution < -0.4 is 10.1 Å². The van der Waals surface area contributed by atoms with Crippen LogP contribution in [0.5, 0.6) is 5.75 Å². The van der Waals surface area contributed by atoms with E-state index < -0.39 is 6.10 Å². The highest BCUT2D eigenvalue weighted by atomic mass is 35.5. The quantitative estimate of drug-likeness (QED) is 0.895. The van der Waals surface area contributed by atoms with Crippen molar-refractivity contribution in [3.8, 4) is 5.75 Å². The maximum absolute atomic E-state index is 12.0. The number of carbonyl (C=O) groups excluding carboxylic acids is 1. The summed E-state index contributed by atoms with van der Waals surface area (Å²) in [6, 6.07) is 3.83. The maximum Gasteiger partial charge on any atom is 0.260 e. The SMILES string of the molecule is Cc1cc(O[C@@H](C)C(=O)N[C@H](C)C(C)C)cc(C)c1Cl. The van der Waals surface area contributed by atoms with Gasteiger partial charge in [0.2, 0.25) is 0 Å². The molecule has 0 aromatic heterocycles. The van der Waals surface area contributed by atoms with Gasteiger partial charge in [0.25, 0.3) is 5.91 Å². The summed E-state index contributed by atoms with van der Waals surface area (Å²) in [5, 5.41) is 3.69. The molecule has 4 heteroatoms. The zero-order chi connectivity index (χ0) is 15.4. The molecule has 0 aliphatic carbocycles. The molecule has 0 aliphatic rings. The summed E-state index contributed by atoms with van der Waals surface area (Å²) in [7, 11) is 0. The third kappa shape index (κ3) is 4.41. The van der Waals surface area contributed by atoms with Gasteiger partial charge in [-0.15, -0.1) is 0 Å². The second kappa shape index (κ2) is 6.98. The summed E-state index contributed by atoms with van der Waals surface area (Å²) in [6.45, 7) is 11.7. The first-order valence-corrected chi connectivity index (χ1v) is 7.34. The van der Waals surface area contributed by atoms with Crippen LogP contribution in [0.15, 0.2) is 12.1 Å². The minimum absolute atomic E-state index is 0.101. The van der Waals surface area contributed by atoms with E-state index in [0.29, 0.717) is 11.7 Å². The zero-order valence-corrected chi connectivity index (χ0v) is 13.8. The lowest BCUT2D eigenvalue weighted by molar-refractivity contribution is -0.128. The molecule has 1 aromatic rings. The summed E-state index contributed by atoms with van der Waals surface area (Å²) in [4.78, 5) is 12.0. The van der Waals surface area contributed by atoms with Crippen LogP contribution in [-0.2, 0) is 4.79 Å². The molecule has 3 nitrogen and oxygen atoms in total. The predicted octanol–water partition coefficient (Wildman–Crippen LogP) is 3.88. The van der Waals surface area contributed by atoms with E-state index in [-0.39, 0.29) is 11.9 Å². The van der Waals surface area contributed by atoms with Gasteiger partial charge in [-0.2, -0.15) is 0 Å². The molecule has 0 fully saturated rings. The van der Waals surface area contributed by atoms with Gasteiger partial charge < -0.3 is 10.1 Å². The molecule has 0 spiro atoms. The third-order valence-corrected chi connectivity index (χ3v) is 4.06. The Morgan fingerprint density at radius 1 is 1.15 bits per heavy atom. The van der Waals surface area contributed by atoms with Crippen LogP contribution in [0.4, 0.5) is 0 Å². The molecule has 1 amide bonds. The second-order valence-corrected chi connectivity index (χ2v) is 6.05. The Kier molecular flexibility index (Phi) is 5.88. The molecule has 1 aromatic carbocycles. The summed E-state index contributed by atoms with van der Waals surface area (Å²) < 4.78 is 5.70. The number of ether oxygens (including phenoxy) is 1. The Hall–Kier alpha value is -1.22. The van der Waals surface area contributed by atoms with Crippen LogP contribution in [0, 0.1) is 19.8 Å². The normalized spacial score (nSPS) is 14.0. The Morgan fingerprint density at radius 3 is 2.10 bits per heavy atom. The molecular weight excluding hydrogens is 274 g/mol. The number of carbonyl (C=O) groups is 1. The molecule has 0 saturated carbocycles. The molecule has 2 atom stereocenters. The van der Waals surface area contributed by atoms with Crippen LogP contribution in [0.25, 0.3) is 0 Å². The second-order valence-electron chi connectivity index (χ2n) is 5.67. The minimum atomic E-state index is -0.531. The minimum Gasteiger partial charge on any atom is -0.481 e. The number of benzene rings is 1. The van der Waals surface area contributed by atoms with Gasteiger partial charge in [0.05, 0.1) is 0 Å². The maximum atomic E-state index is 12.0. The monoisotopic (exact) mass is 297 g/mol. The first-order chi connectivity index (χ1) is 9.22. The molecule has 0 bridgehead atoms. The van der Waals surface area contributed by atoms with E-state index in [9.17, 15) is 4.79 Å². The van der Waals surface area contributed by atoms with Crippen LogP contribution in [0.2, 0.25) is 5.02 Å². The molecule has 0 heterocycles. The fourth-order valence-electron chi connectivity index (χ4n) is 1.74. The smallest absolute Gasteiger partial charge is 0.260 e. The van der Waals surface area contributed by atoms with Crippen LogP contribution in [-0.4, -0.2) is 18.1 Å². The number of aryl methyl sites for hydroxylation is 2. The van der Waals surface area contributed by atoms with Gasteiger partial charge in [0.15, 0.2) is 6.10 Å². The van der Waals surface area contributed by atoms with Crippen molar-refractivity contribution in [2.45, 2.75) is 53.7 Å². The fraction of sp³-hybridized carbons (Fsp3) is 0.562. The topological polar surface area (TPSA) is 38.3 Å². The van der Waals surface area contributed by atoms with Gasteiger partial charge in [-0.1, -0.05) is 25.4 Å². The standard InChI is InChI=1S/C16H24ClNO2/c1-9(2)12(5)18-16(19)13(6)20-14-7-10(3)15(17)11(4)8-14/h7-9,12-13H,1-6H3,(H,18,19)/t12-,13+/m1/s1. The molecule has 20 heavy (non-hydrogen) atoms. The Labute approximate surface area is 126 Å². The lowest BCUT2D eigenvalue weighted by Crippen LogP contribution is -2.43. The van der Waals surface area contributed by atoms with Crippen LogP contribution >= 0.6 is 11.6 Å². The Balaban J connectivity index is 2.71. The van der Waals surface area contributed by atoms with Crippen molar-refractivity contribution in [1.29, 1.82) is 0 Å². The van der Waals surface area contributed by atoms with Gasteiger partial charge in [0.1, 0.15) is 5.75 Å². The molecular formula is C16H24ClNO2. The highest BCUT2D eigenvalue weighted by molar-refractivity contribution is 6.32. The van der Waals surface area contributed by atoms with Gasteiger partial charge in [-0.05, 0) is 56.9 Å². The van der Waals surface area contributed by atoms with Crippen molar-refractivity contribution in [3.05, 3.63) is 28.3 Å². The van der Waals surface area contributed by atoms with E-state index in [4.69, 9.17) is 16.3 Å². The molecule has 0 unspecified atom stereocenters. The molecule has 1 N–H and O–H groups in total. The summed E-state index contributed by atoms with van der Waals surface area (Å²) in [6.07, 6.45) is -0.531. The lowest BCUT2D eigenvalue weighted by atomic mass is 10.1. The highest BCUT2D eigenvalue weighted by Gasteiger charge is 2.18. The molecule has 1 rings (SSSR count). The average molecular weight is 298 g/mol. The van der Waals surface area contributed by atoms with E-state index in [1.54, 1.807) is 6.92 Å². The number of halogens is 1. The summed E-state index contributed by atoms with van der Waals surface area (Å²) >= 11 is 6.12. The molecule has 0 radical (unpaired) electrons. The number of rotatable bonds is 5.